The lowest BCUT2D eigenvalue weighted by Crippen LogP contribution is -2.15. The molecule has 0 spiro atoms. The summed E-state index contributed by atoms with van der Waals surface area (Å²) in [5, 5.41) is 19.0. The maximum absolute atomic E-state index is 11.6. The SMILES string of the molecule is Cn1cnnc1-c1ccc(NC(=O)CSCC(=O)O)cc1. The molecule has 7 nitrogen and oxygen atoms in total. The third kappa shape index (κ3) is 4.32. The van der Waals surface area contributed by atoms with Crippen LogP contribution >= 0.6 is 11.8 Å². The number of amides is 1. The molecule has 21 heavy (non-hydrogen) atoms. The molecule has 110 valence electrons. The van der Waals surface area contributed by atoms with Crippen molar-refractivity contribution < 1.29 is 14.7 Å². The van der Waals surface area contributed by atoms with Gasteiger partial charge < -0.3 is 15.0 Å². The number of hydrogen-bond donors (Lipinski definition) is 2. The number of carboxylic acid groups (broad SMARTS) is 1. The first kappa shape index (κ1) is 15.0. The molecule has 0 saturated heterocycles. The maximum atomic E-state index is 11.6. The van der Waals surface area contributed by atoms with E-state index in [1.807, 2.05) is 19.2 Å². The van der Waals surface area contributed by atoms with Gasteiger partial charge >= 0.3 is 5.97 Å². The molecule has 8 heteroatoms. The Bertz CT molecular complexity index is 639. The fraction of sp³-hybridized carbons (Fsp3) is 0.231. The molecule has 0 aliphatic heterocycles. The topological polar surface area (TPSA) is 97.1 Å². The van der Waals surface area contributed by atoms with E-state index in [9.17, 15) is 9.59 Å². The number of aliphatic carboxylic acids is 1. The lowest BCUT2D eigenvalue weighted by molar-refractivity contribution is -0.133. The van der Waals surface area contributed by atoms with Crippen molar-refractivity contribution in [1.29, 1.82) is 0 Å². The van der Waals surface area contributed by atoms with Gasteiger partial charge in [0.1, 0.15) is 6.33 Å². The third-order valence-electron chi connectivity index (χ3n) is 2.60. The number of benzene rings is 1. The smallest absolute Gasteiger partial charge is 0.313 e. The van der Waals surface area contributed by atoms with Gasteiger partial charge in [-0.3, -0.25) is 9.59 Å². The van der Waals surface area contributed by atoms with E-state index in [1.54, 1.807) is 23.0 Å². The molecule has 0 aliphatic carbocycles. The molecule has 1 amide bonds. The third-order valence-corrected chi connectivity index (χ3v) is 3.51. The molecule has 1 aromatic carbocycles. The highest BCUT2D eigenvalue weighted by atomic mass is 32.2. The number of aryl methyl sites for hydroxylation is 1. The molecule has 2 N–H and O–H groups in total. The summed E-state index contributed by atoms with van der Waals surface area (Å²) in [6.45, 7) is 0. The van der Waals surface area contributed by atoms with E-state index < -0.39 is 5.97 Å². The van der Waals surface area contributed by atoms with Crippen LogP contribution in [0.4, 0.5) is 5.69 Å². The van der Waals surface area contributed by atoms with Crippen LogP contribution in [0.15, 0.2) is 30.6 Å². The lowest BCUT2D eigenvalue weighted by atomic mass is 10.2. The second kappa shape index (κ2) is 6.89. The molecule has 0 bridgehead atoms. The molecule has 1 aromatic heterocycles. The van der Waals surface area contributed by atoms with Crippen molar-refractivity contribution in [3.05, 3.63) is 30.6 Å². The van der Waals surface area contributed by atoms with Crippen LogP contribution in [-0.2, 0) is 16.6 Å². The number of anilines is 1. The number of rotatable bonds is 6. The number of aromatic nitrogens is 3. The van der Waals surface area contributed by atoms with Gasteiger partial charge in [0, 0.05) is 18.3 Å². The zero-order valence-electron chi connectivity index (χ0n) is 11.3. The molecule has 0 saturated carbocycles. The maximum Gasteiger partial charge on any atom is 0.313 e. The van der Waals surface area contributed by atoms with Crippen LogP contribution in [0.2, 0.25) is 0 Å². The second-order valence-electron chi connectivity index (χ2n) is 4.28. The highest BCUT2D eigenvalue weighted by molar-refractivity contribution is 8.00. The van der Waals surface area contributed by atoms with Gasteiger partial charge in [0.25, 0.3) is 0 Å². The minimum absolute atomic E-state index is 0.0848. The Kier molecular flexibility index (Phi) is 4.94. The Labute approximate surface area is 125 Å². The van der Waals surface area contributed by atoms with Gasteiger partial charge in [0.05, 0.1) is 11.5 Å². The van der Waals surface area contributed by atoms with Gasteiger partial charge in [-0.2, -0.15) is 0 Å². The molecular weight excluding hydrogens is 292 g/mol. The highest BCUT2D eigenvalue weighted by Gasteiger charge is 2.07. The summed E-state index contributed by atoms with van der Waals surface area (Å²) in [7, 11) is 1.85. The average Bonchev–Trinajstić information content (AvgIpc) is 2.85. The van der Waals surface area contributed by atoms with Crippen molar-refractivity contribution in [2.45, 2.75) is 0 Å². The largest absolute Gasteiger partial charge is 0.481 e. The number of nitrogens with zero attached hydrogens (tertiary/aromatic N) is 3. The number of carboxylic acids is 1. The molecule has 1 heterocycles. The first-order valence-corrected chi connectivity index (χ1v) is 7.25. The molecule has 0 unspecified atom stereocenters. The van der Waals surface area contributed by atoms with Crippen molar-refractivity contribution in [3.8, 4) is 11.4 Å². The number of carbonyl (C=O) groups excluding carboxylic acids is 1. The lowest BCUT2D eigenvalue weighted by Gasteiger charge is -2.06. The van der Waals surface area contributed by atoms with Crippen LogP contribution in [0, 0.1) is 0 Å². The summed E-state index contributed by atoms with van der Waals surface area (Å²) in [5.74, 6) is -0.395. The number of nitrogens with one attached hydrogen (secondary N) is 1. The summed E-state index contributed by atoms with van der Waals surface area (Å²) < 4.78 is 1.80. The number of hydrogen-bond acceptors (Lipinski definition) is 5. The molecule has 2 aromatic rings. The van der Waals surface area contributed by atoms with E-state index in [-0.39, 0.29) is 17.4 Å². The zero-order valence-corrected chi connectivity index (χ0v) is 12.1. The Morgan fingerprint density at radius 3 is 2.57 bits per heavy atom. The van der Waals surface area contributed by atoms with Crippen LogP contribution in [0.25, 0.3) is 11.4 Å². The molecular formula is C13H14N4O3S. The van der Waals surface area contributed by atoms with E-state index in [0.29, 0.717) is 5.69 Å². The van der Waals surface area contributed by atoms with Gasteiger partial charge in [0.15, 0.2) is 5.82 Å². The number of carbonyl (C=O) groups is 2. The van der Waals surface area contributed by atoms with Crippen molar-refractivity contribution in [1.82, 2.24) is 14.8 Å². The average molecular weight is 306 g/mol. The van der Waals surface area contributed by atoms with E-state index in [4.69, 9.17) is 5.11 Å². The molecule has 0 aliphatic rings. The molecule has 0 atom stereocenters. The monoisotopic (exact) mass is 306 g/mol. The standard InChI is InChI=1S/C13H14N4O3S/c1-17-8-14-16-13(17)9-2-4-10(5-3-9)15-11(18)6-21-7-12(19)20/h2-5,8H,6-7H2,1H3,(H,15,18)(H,19,20). The van der Waals surface area contributed by atoms with Crippen LogP contribution in [0.1, 0.15) is 0 Å². The fourth-order valence-corrected chi connectivity index (χ4v) is 2.21. The van der Waals surface area contributed by atoms with Crippen LogP contribution in [0.3, 0.4) is 0 Å². The summed E-state index contributed by atoms with van der Waals surface area (Å²) >= 11 is 1.06. The van der Waals surface area contributed by atoms with Crippen molar-refractivity contribution >= 4 is 29.3 Å². The van der Waals surface area contributed by atoms with Gasteiger partial charge in [-0.05, 0) is 24.3 Å². The predicted octanol–water partition coefficient (Wildman–Crippen LogP) is 1.24. The van der Waals surface area contributed by atoms with E-state index in [2.05, 4.69) is 15.5 Å². The second-order valence-corrected chi connectivity index (χ2v) is 5.26. The van der Waals surface area contributed by atoms with E-state index >= 15 is 0 Å². The van der Waals surface area contributed by atoms with Crippen LogP contribution in [0.5, 0.6) is 0 Å². The van der Waals surface area contributed by atoms with Gasteiger partial charge in [0.2, 0.25) is 5.91 Å². The van der Waals surface area contributed by atoms with Crippen LogP contribution < -0.4 is 5.32 Å². The zero-order chi connectivity index (χ0) is 15.2. The van der Waals surface area contributed by atoms with Crippen molar-refractivity contribution in [2.24, 2.45) is 7.05 Å². The highest BCUT2D eigenvalue weighted by Crippen LogP contribution is 2.18. The van der Waals surface area contributed by atoms with Gasteiger partial charge in [-0.15, -0.1) is 22.0 Å². The molecule has 0 radical (unpaired) electrons. The first-order chi connectivity index (χ1) is 10.1. The first-order valence-electron chi connectivity index (χ1n) is 6.10. The molecule has 0 fully saturated rings. The minimum atomic E-state index is -0.930. The van der Waals surface area contributed by atoms with E-state index in [1.165, 1.54) is 0 Å². The van der Waals surface area contributed by atoms with E-state index in [0.717, 1.165) is 23.1 Å². The van der Waals surface area contributed by atoms with Gasteiger partial charge in [-0.1, -0.05) is 0 Å². The number of thioether (sulfide) groups is 1. The minimum Gasteiger partial charge on any atom is -0.481 e. The Morgan fingerprint density at radius 2 is 2.00 bits per heavy atom. The summed E-state index contributed by atoms with van der Waals surface area (Å²) in [6.07, 6.45) is 1.62. The van der Waals surface area contributed by atoms with Crippen molar-refractivity contribution in [2.75, 3.05) is 16.8 Å². The Hall–Kier alpha value is -2.35. The Balaban J connectivity index is 1.92. The summed E-state index contributed by atoms with van der Waals surface area (Å²) in [6, 6.07) is 7.21. The Morgan fingerprint density at radius 1 is 1.29 bits per heavy atom. The van der Waals surface area contributed by atoms with Crippen LogP contribution in [-0.4, -0.2) is 43.3 Å². The quantitative estimate of drug-likeness (QED) is 0.833. The summed E-state index contributed by atoms with van der Waals surface area (Å²) in [5.41, 5.74) is 1.55. The fourth-order valence-electron chi connectivity index (χ4n) is 1.68. The van der Waals surface area contributed by atoms with Crippen molar-refractivity contribution in [3.63, 3.8) is 0 Å². The normalized spacial score (nSPS) is 10.3. The van der Waals surface area contributed by atoms with Gasteiger partial charge in [-0.25, -0.2) is 0 Å². The molecule has 2 rings (SSSR count). The summed E-state index contributed by atoms with van der Waals surface area (Å²) in [4.78, 5) is 22.0. The predicted molar refractivity (Wildman–Crippen MR) is 80.0 cm³/mol.